The molecule has 5 heteroatoms. The fraction of sp³-hybridized carbons (Fsp3) is 0.455. The molecule has 0 aliphatic carbocycles. The SMILES string of the molecule is CCCCCOc1c(Br)c(Br)cc(Br)c1Br. The second kappa shape index (κ2) is 7.39. The predicted molar refractivity (Wildman–Crippen MR) is 82.3 cm³/mol. The Balaban J connectivity index is 2.78. The van der Waals surface area contributed by atoms with Crippen LogP contribution in [-0.4, -0.2) is 6.61 Å². The lowest BCUT2D eigenvalue weighted by atomic mass is 10.3. The van der Waals surface area contributed by atoms with Crippen LogP contribution >= 0.6 is 63.7 Å². The summed E-state index contributed by atoms with van der Waals surface area (Å²) in [6.07, 6.45) is 3.48. The third-order valence-electron chi connectivity index (χ3n) is 2.07. The molecule has 0 amide bonds. The Morgan fingerprint density at radius 3 is 2.06 bits per heavy atom. The summed E-state index contributed by atoms with van der Waals surface area (Å²) < 4.78 is 9.62. The number of unbranched alkanes of at least 4 members (excludes halogenated alkanes) is 2. The molecule has 1 nitrogen and oxygen atoms in total. The topological polar surface area (TPSA) is 9.23 Å². The van der Waals surface area contributed by atoms with E-state index in [1.54, 1.807) is 0 Å². The first-order valence-corrected chi connectivity index (χ1v) is 8.21. The summed E-state index contributed by atoms with van der Waals surface area (Å²) in [5.41, 5.74) is 0. The molecule has 1 rings (SSSR count). The second-order valence-electron chi connectivity index (χ2n) is 3.35. The molecule has 0 heterocycles. The average Bonchev–Trinajstić information content (AvgIpc) is 2.25. The van der Waals surface area contributed by atoms with Gasteiger partial charge < -0.3 is 4.74 Å². The zero-order valence-corrected chi connectivity index (χ0v) is 15.2. The quantitative estimate of drug-likeness (QED) is 0.355. The molecule has 0 N–H and O–H groups in total. The lowest BCUT2D eigenvalue weighted by Gasteiger charge is -2.12. The molecule has 1 aromatic carbocycles. The number of ether oxygens (including phenoxy) is 1. The van der Waals surface area contributed by atoms with Crippen molar-refractivity contribution >= 4 is 63.7 Å². The van der Waals surface area contributed by atoms with Crippen molar-refractivity contribution in [3.8, 4) is 5.75 Å². The van der Waals surface area contributed by atoms with Crippen molar-refractivity contribution in [1.82, 2.24) is 0 Å². The Labute approximate surface area is 130 Å². The molecule has 90 valence electrons. The largest absolute Gasteiger partial charge is 0.491 e. The number of hydrogen-bond donors (Lipinski definition) is 0. The molecule has 0 aromatic heterocycles. The molecule has 0 atom stereocenters. The van der Waals surface area contributed by atoms with Gasteiger partial charge in [0.05, 0.1) is 15.6 Å². The van der Waals surface area contributed by atoms with Gasteiger partial charge in [-0.3, -0.25) is 0 Å². The van der Waals surface area contributed by atoms with Crippen LogP contribution in [0.4, 0.5) is 0 Å². The minimum atomic E-state index is 0.744. The molecule has 0 unspecified atom stereocenters. The first kappa shape index (κ1) is 15.0. The first-order valence-electron chi connectivity index (χ1n) is 5.03. The summed E-state index contributed by atoms with van der Waals surface area (Å²) in [7, 11) is 0. The summed E-state index contributed by atoms with van der Waals surface area (Å²) >= 11 is 14.0. The Bertz CT molecular complexity index is 339. The Morgan fingerprint density at radius 1 is 1.00 bits per heavy atom. The van der Waals surface area contributed by atoms with Crippen molar-refractivity contribution < 1.29 is 4.74 Å². The van der Waals surface area contributed by atoms with E-state index < -0.39 is 0 Å². The fourth-order valence-corrected chi connectivity index (χ4v) is 3.45. The van der Waals surface area contributed by atoms with Gasteiger partial charge in [-0.05, 0) is 76.2 Å². The van der Waals surface area contributed by atoms with Crippen molar-refractivity contribution in [3.63, 3.8) is 0 Å². The van der Waals surface area contributed by atoms with E-state index in [2.05, 4.69) is 70.6 Å². The van der Waals surface area contributed by atoms with Crippen LogP contribution in [0, 0.1) is 0 Å². The Kier molecular flexibility index (Phi) is 6.93. The maximum absolute atomic E-state index is 5.78. The van der Waals surface area contributed by atoms with E-state index in [1.807, 2.05) is 6.07 Å². The lowest BCUT2D eigenvalue weighted by molar-refractivity contribution is 0.302. The number of rotatable bonds is 5. The fourth-order valence-electron chi connectivity index (χ4n) is 1.20. The molecular weight excluding hydrogens is 468 g/mol. The van der Waals surface area contributed by atoms with Gasteiger partial charge in [-0.25, -0.2) is 0 Å². The third kappa shape index (κ3) is 4.00. The van der Waals surface area contributed by atoms with Crippen LogP contribution in [0.5, 0.6) is 5.75 Å². The van der Waals surface area contributed by atoms with E-state index in [0.717, 1.165) is 36.7 Å². The maximum atomic E-state index is 5.78. The van der Waals surface area contributed by atoms with Crippen molar-refractivity contribution in [2.45, 2.75) is 26.2 Å². The summed E-state index contributed by atoms with van der Waals surface area (Å²) in [5.74, 6) is 0.845. The van der Waals surface area contributed by atoms with E-state index in [0.29, 0.717) is 0 Å². The molecule has 0 fully saturated rings. The molecule has 0 radical (unpaired) electrons. The Hall–Kier alpha value is 0.940. The number of hydrogen-bond acceptors (Lipinski definition) is 1. The molecule has 16 heavy (non-hydrogen) atoms. The highest BCUT2D eigenvalue weighted by atomic mass is 79.9. The van der Waals surface area contributed by atoms with Gasteiger partial charge in [0, 0.05) is 8.95 Å². The van der Waals surface area contributed by atoms with Crippen LogP contribution in [0.15, 0.2) is 24.0 Å². The van der Waals surface area contributed by atoms with Crippen molar-refractivity contribution in [1.29, 1.82) is 0 Å². The lowest BCUT2D eigenvalue weighted by Crippen LogP contribution is -1.99. The molecule has 0 aliphatic rings. The monoisotopic (exact) mass is 476 g/mol. The van der Waals surface area contributed by atoms with Gasteiger partial charge in [-0.15, -0.1) is 0 Å². The first-order chi connectivity index (χ1) is 7.57. The van der Waals surface area contributed by atoms with Crippen molar-refractivity contribution in [2.75, 3.05) is 6.61 Å². The molecule has 1 aromatic rings. The van der Waals surface area contributed by atoms with Crippen LogP contribution in [0.25, 0.3) is 0 Å². The van der Waals surface area contributed by atoms with Gasteiger partial charge in [0.25, 0.3) is 0 Å². The highest BCUT2D eigenvalue weighted by Gasteiger charge is 2.13. The van der Waals surface area contributed by atoms with Crippen LogP contribution in [0.2, 0.25) is 0 Å². The van der Waals surface area contributed by atoms with E-state index in [9.17, 15) is 0 Å². The van der Waals surface area contributed by atoms with Gasteiger partial charge >= 0.3 is 0 Å². The van der Waals surface area contributed by atoms with Crippen LogP contribution in [0.1, 0.15) is 26.2 Å². The summed E-state index contributed by atoms with van der Waals surface area (Å²) in [4.78, 5) is 0. The normalized spacial score (nSPS) is 10.6. The predicted octanol–water partition coefficient (Wildman–Crippen LogP) is 6.31. The average molecular weight is 480 g/mol. The smallest absolute Gasteiger partial charge is 0.149 e. The number of benzene rings is 1. The molecule has 0 saturated carbocycles. The van der Waals surface area contributed by atoms with E-state index in [1.165, 1.54) is 12.8 Å². The second-order valence-corrected chi connectivity index (χ2v) is 6.65. The van der Waals surface area contributed by atoms with Gasteiger partial charge in [0.1, 0.15) is 5.75 Å². The highest BCUT2D eigenvalue weighted by molar-refractivity contribution is 9.14. The zero-order valence-electron chi connectivity index (χ0n) is 8.83. The number of halogens is 4. The van der Waals surface area contributed by atoms with E-state index in [4.69, 9.17) is 4.74 Å². The minimum absolute atomic E-state index is 0.744. The van der Waals surface area contributed by atoms with Crippen molar-refractivity contribution in [3.05, 3.63) is 24.0 Å². The molecule has 0 spiro atoms. The van der Waals surface area contributed by atoms with Crippen LogP contribution in [-0.2, 0) is 0 Å². The molecule has 0 aliphatic heterocycles. The summed E-state index contributed by atoms with van der Waals surface area (Å²) in [6, 6.07) is 1.98. The van der Waals surface area contributed by atoms with Gasteiger partial charge in [0.2, 0.25) is 0 Å². The minimum Gasteiger partial charge on any atom is -0.491 e. The summed E-state index contributed by atoms with van der Waals surface area (Å²) in [6.45, 7) is 2.93. The van der Waals surface area contributed by atoms with Gasteiger partial charge in [0.15, 0.2) is 0 Å². The third-order valence-corrected chi connectivity index (χ3v) is 5.96. The Morgan fingerprint density at radius 2 is 1.56 bits per heavy atom. The van der Waals surface area contributed by atoms with Crippen LogP contribution < -0.4 is 4.74 Å². The highest BCUT2D eigenvalue weighted by Crippen LogP contribution is 2.43. The van der Waals surface area contributed by atoms with Crippen LogP contribution in [0.3, 0.4) is 0 Å². The van der Waals surface area contributed by atoms with E-state index >= 15 is 0 Å². The zero-order chi connectivity index (χ0) is 12.1. The standard InChI is InChI=1S/C11H12Br4O/c1-2-3-4-5-16-11-9(14)7(12)6-8(13)10(11)15/h6H,2-5H2,1H3. The van der Waals surface area contributed by atoms with Crippen molar-refractivity contribution in [2.24, 2.45) is 0 Å². The molecule has 0 bridgehead atoms. The summed E-state index contributed by atoms with van der Waals surface area (Å²) in [5, 5.41) is 0. The van der Waals surface area contributed by atoms with Gasteiger partial charge in [-0.2, -0.15) is 0 Å². The molecular formula is C11H12Br4O. The maximum Gasteiger partial charge on any atom is 0.149 e. The van der Waals surface area contributed by atoms with E-state index in [-0.39, 0.29) is 0 Å². The van der Waals surface area contributed by atoms with Gasteiger partial charge in [-0.1, -0.05) is 19.8 Å². The molecule has 0 saturated heterocycles.